The summed E-state index contributed by atoms with van der Waals surface area (Å²) in [4.78, 5) is 30.7. The number of aliphatic hydroxyl groups excluding tert-OH is 2. The smallest absolute Gasteiger partial charge is 0.365 e. The summed E-state index contributed by atoms with van der Waals surface area (Å²) in [7, 11) is 0. The minimum atomic E-state index is -1.12. The minimum Gasteiger partial charge on any atom is -0.476 e. The summed E-state index contributed by atoms with van der Waals surface area (Å²) in [6.45, 7) is 4.09. The van der Waals surface area contributed by atoms with E-state index in [1.54, 1.807) is 17.5 Å². The highest BCUT2D eigenvalue weighted by atomic mass is 32.2. The second-order valence-electron chi connectivity index (χ2n) is 13.6. The molecule has 7 rings (SSSR count). The van der Waals surface area contributed by atoms with Crippen molar-refractivity contribution in [2.45, 2.75) is 63.9 Å². The predicted molar refractivity (Wildman–Crippen MR) is 174 cm³/mol. The van der Waals surface area contributed by atoms with Crippen LogP contribution >= 0.6 is 23.1 Å². The van der Waals surface area contributed by atoms with Crippen LogP contribution in [-0.2, 0) is 16.6 Å². The molecule has 11 heteroatoms. The standard InChI is InChI=1S/C35H36FN3O5S2/c1-33-16-20-18-37-39(23-8-6-22(36)7-9-23)26(20)15-21(33)5-10-24-25-11-12-35(32(44)45-14-4-3-13-40,28-19-46-30(38-28)31(42)43)34(25,2)17-27(41)29(24)33/h6-9,15,18-19,24-25,27,29,40-41H,5,10-14,16-17H2,1-2H3,(H,42,43)/t24-,25-,27-,29+,33-,34-,35+/m0/s1. The van der Waals surface area contributed by atoms with Gasteiger partial charge in [-0.15, -0.1) is 11.3 Å². The van der Waals surface area contributed by atoms with Crippen molar-refractivity contribution < 1.29 is 29.3 Å². The van der Waals surface area contributed by atoms with Crippen molar-refractivity contribution in [1.29, 1.82) is 0 Å². The number of thioether (sulfide) groups is 1. The number of aromatic carboxylic acids is 1. The maximum atomic E-state index is 14.3. The summed E-state index contributed by atoms with van der Waals surface area (Å²) in [5.74, 6) is 4.50. The highest BCUT2D eigenvalue weighted by Gasteiger charge is 2.69. The molecule has 2 heterocycles. The Bertz CT molecular complexity index is 1810. The van der Waals surface area contributed by atoms with E-state index in [2.05, 4.69) is 41.8 Å². The molecule has 0 amide bonds. The van der Waals surface area contributed by atoms with Crippen molar-refractivity contribution in [2.75, 3.05) is 12.4 Å². The number of nitrogens with zero attached hydrogens (tertiary/aromatic N) is 3. The van der Waals surface area contributed by atoms with E-state index < -0.39 is 22.9 Å². The minimum absolute atomic E-state index is 0.0214. The van der Waals surface area contributed by atoms with Gasteiger partial charge < -0.3 is 15.3 Å². The lowest BCUT2D eigenvalue weighted by Gasteiger charge is -2.61. The molecule has 0 bridgehead atoms. The van der Waals surface area contributed by atoms with Crippen LogP contribution in [0.3, 0.4) is 0 Å². The third-order valence-electron chi connectivity index (χ3n) is 11.6. The van der Waals surface area contributed by atoms with E-state index in [0.29, 0.717) is 18.5 Å². The lowest BCUT2D eigenvalue weighted by Crippen LogP contribution is -2.60. The summed E-state index contributed by atoms with van der Waals surface area (Å²) in [5, 5.41) is 37.3. The Morgan fingerprint density at radius 3 is 2.70 bits per heavy atom. The van der Waals surface area contributed by atoms with Crippen molar-refractivity contribution in [1.82, 2.24) is 14.8 Å². The van der Waals surface area contributed by atoms with E-state index in [0.717, 1.165) is 65.7 Å². The van der Waals surface area contributed by atoms with Crippen molar-refractivity contribution in [3.8, 4) is 17.5 Å². The molecular weight excluding hydrogens is 626 g/mol. The molecule has 0 aliphatic heterocycles. The summed E-state index contributed by atoms with van der Waals surface area (Å²) in [6, 6.07) is 6.33. The molecule has 3 saturated carbocycles. The van der Waals surface area contributed by atoms with Gasteiger partial charge in [-0.3, -0.25) is 4.79 Å². The van der Waals surface area contributed by atoms with Crippen LogP contribution in [0.4, 0.5) is 4.39 Å². The van der Waals surface area contributed by atoms with Crippen LogP contribution in [0.1, 0.15) is 72.7 Å². The Morgan fingerprint density at radius 2 is 1.98 bits per heavy atom. The molecule has 4 aliphatic rings. The average molecular weight is 662 g/mol. The number of carboxylic acid groups (broad SMARTS) is 1. The number of aliphatic hydroxyl groups is 2. The van der Waals surface area contributed by atoms with Gasteiger partial charge in [0, 0.05) is 5.38 Å². The van der Waals surface area contributed by atoms with Crippen molar-refractivity contribution in [3.63, 3.8) is 0 Å². The average Bonchev–Trinajstić information content (AvgIpc) is 3.74. The van der Waals surface area contributed by atoms with Crippen LogP contribution in [0, 0.1) is 46.2 Å². The van der Waals surface area contributed by atoms with Gasteiger partial charge in [0.15, 0.2) is 0 Å². The summed E-state index contributed by atoms with van der Waals surface area (Å²) in [5.41, 5.74) is 2.66. The third-order valence-corrected chi connectivity index (χ3v) is 13.4. The fraction of sp³-hybridized carbons (Fsp3) is 0.486. The first kappa shape index (κ1) is 31.3. The Balaban J connectivity index is 1.25. The van der Waals surface area contributed by atoms with E-state index in [4.69, 9.17) is 5.11 Å². The molecule has 0 saturated heterocycles. The second-order valence-corrected chi connectivity index (χ2v) is 15.4. The molecule has 240 valence electrons. The number of rotatable bonds is 5. The molecule has 2 aromatic heterocycles. The zero-order chi connectivity index (χ0) is 32.4. The molecule has 3 aromatic rings. The van der Waals surface area contributed by atoms with Crippen molar-refractivity contribution in [2.24, 2.45) is 28.6 Å². The monoisotopic (exact) mass is 661 g/mol. The Labute approximate surface area is 275 Å². The van der Waals surface area contributed by atoms with E-state index in [-0.39, 0.29) is 51.5 Å². The maximum Gasteiger partial charge on any atom is 0.365 e. The topological polar surface area (TPSA) is 126 Å². The van der Waals surface area contributed by atoms with Crippen LogP contribution in [0.5, 0.6) is 0 Å². The van der Waals surface area contributed by atoms with E-state index in [1.165, 1.54) is 17.7 Å². The first-order chi connectivity index (χ1) is 22.0. The molecule has 1 aromatic carbocycles. The predicted octanol–water partition coefficient (Wildman–Crippen LogP) is 5.51. The fourth-order valence-electron chi connectivity index (χ4n) is 9.76. The van der Waals surface area contributed by atoms with Gasteiger partial charge in [-0.05, 0) is 103 Å². The molecule has 0 spiro atoms. The highest BCUT2D eigenvalue weighted by molar-refractivity contribution is 8.14. The molecule has 3 N–H and O–H groups in total. The lowest BCUT2D eigenvalue weighted by molar-refractivity contribution is -0.142. The Hall–Kier alpha value is -3.30. The van der Waals surface area contributed by atoms with Gasteiger partial charge in [0.25, 0.3) is 0 Å². The number of carbonyl (C=O) groups is 2. The third kappa shape index (κ3) is 4.55. The number of benzene rings is 1. The van der Waals surface area contributed by atoms with E-state index in [9.17, 15) is 24.2 Å². The van der Waals surface area contributed by atoms with Gasteiger partial charge in [0.05, 0.1) is 40.5 Å². The zero-order valence-electron chi connectivity index (χ0n) is 25.7. The number of fused-ring (bicyclic) bond motifs is 6. The first-order valence-electron chi connectivity index (χ1n) is 15.7. The van der Waals surface area contributed by atoms with Gasteiger partial charge in [0.2, 0.25) is 10.1 Å². The SMILES string of the molecule is C[C@]12Cc3cnn(-c4ccc(F)cc4)c3C=C1CC[C@@H]1[C@@H]2[C@@H](O)C[C@@]2(C)[C@H]1CC[C@]2(C(=O)SCC#CCO)c1csc(C(=O)O)n1. The van der Waals surface area contributed by atoms with Gasteiger partial charge in [-0.25, -0.2) is 18.9 Å². The molecule has 4 aliphatic carbocycles. The van der Waals surface area contributed by atoms with Crippen LogP contribution in [0.25, 0.3) is 11.8 Å². The number of halogens is 1. The second kappa shape index (κ2) is 11.4. The molecule has 0 unspecified atom stereocenters. The van der Waals surface area contributed by atoms with Crippen LogP contribution in [0.2, 0.25) is 0 Å². The Kier molecular flexibility index (Phi) is 7.79. The summed E-state index contributed by atoms with van der Waals surface area (Å²) >= 11 is 2.13. The van der Waals surface area contributed by atoms with Crippen molar-refractivity contribution >= 4 is 40.3 Å². The molecule has 8 nitrogen and oxygen atoms in total. The van der Waals surface area contributed by atoms with Crippen LogP contribution < -0.4 is 0 Å². The number of hydrogen-bond acceptors (Lipinski definition) is 8. The number of aromatic nitrogens is 3. The van der Waals surface area contributed by atoms with Crippen LogP contribution in [-0.4, -0.2) is 59.6 Å². The largest absolute Gasteiger partial charge is 0.476 e. The summed E-state index contributed by atoms with van der Waals surface area (Å²) < 4.78 is 15.5. The number of allylic oxidation sites excluding steroid dienone is 1. The molecule has 46 heavy (non-hydrogen) atoms. The maximum absolute atomic E-state index is 14.3. The number of carboxylic acids is 1. The van der Waals surface area contributed by atoms with Gasteiger partial charge in [-0.1, -0.05) is 43.0 Å². The van der Waals surface area contributed by atoms with Crippen LogP contribution in [0.15, 0.2) is 41.4 Å². The highest BCUT2D eigenvalue weighted by Crippen LogP contribution is 2.70. The summed E-state index contributed by atoms with van der Waals surface area (Å²) in [6.07, 6.45) is 7.60. The van der Waals surface area contributed by atoms with E-state index in [1.807, 2.05) is 10.9 Å². The first-order valence-corrected chi connectivity index (χ1v) is 17.5. The van der Waals surface area contributed by atoms with Gasteiger partial charge in [0.1, 0.15) is 12.4 Å². The molecule has 0 radical (unpaired) electrons. The number of carbonyl (C=O) groups excluding carboxylic acids is 1. The van der Waals surface area contributed by atoms with Gasteiger partial charge in [-0.2, -0.15) is 5.10 Å². The quantitative estimate of drug-likeness (QED) is 0.306. The van der Waals surface area contributed by atoms with Gasteiger partial charge >= 0.3 is 5.97 Å². The zero-order valence-corrected chi connectivity index (χ0v) is 27.3. The number of thiazole rings is 1. The number of hydrogen-bond donors (Lipinski definition) is 3. The fourth-order valence-corrected chi connectivity index (χ4v) is 11.5. The normalized spacial score (nSPS) is 32.7. The van der Waals surface area contributed by atoms with E-state index >= 15 is 0 Å². The molecular formula is C35H36FN3O5S2. The Morgan fingerprint density at radius 1 is 1.20 bits per heavy atom. The molecule has 7 atom stereocenters. The van der Waals surface area contributed by atoms with Crippen molar-refractivity contribution in [3.05, 3.63) is 69.2 Å². The lowest BCUT2D eigenvalue weighted by atomic mass is 9.44. The molecule has 3 fully saturated rings.